The van der Waals surface area contributed by atoms with Crippen LogP contribution in [0.1, 0.15) is 13.3 Å². The van der Waals surface area contributed by atoms with Gasteiger partial charge in [0.15, 0.2) is 3.79 Å². The molecule has 0 saturated heterocycles. The maximum atomic E-state index is 11.6. The Hall–Kier alpha value is -0.150. The van der Waals surface area contributed by atoms with Gasteiger partial charge in [0.25, 0.3) is 0 Å². The first-order chi connectivity index (χ1) is 7.79. The van der Waals surface area contributed by atoms with E-state index in [2.05, 4.69) is 5.32 Å². The van der Waals surface area contributed by atoms with Crippen molar-refractivity contribution in [2.45, 2.75) is 17.1 Å². The molecular formula is C11H11Cl4NO. The van der Waals surface area contributed by atoms with Gasteiger partial charge in [-0.1, -0.05) is 53.3 Å². The van der Waals surface area contributed by atoms with E-state index in [4.69, 9.17) is 46.4 Å². The number of halogens is 4. The van der Waals surface area contributed by atoms with Crippen molar-refractivity contribution >= 4 is 58.0 Å². The van der Waals surface area contributed by atoms with E-state index in [1.165, 1.54) is 0 Å². The molecule has 0 radical (unpaired) electrons. The highest BCUT2D eigenvalue weighted by Gasteiger charge is 2.30. The maximum absolute atomic E-state index is 11.6. The van der Waals surface area contributed by atoms with Crippen molar-refractivity contribution in [2.75, 3.05) is 5.32 Å². The second-order valence-corrected chi connectivity index (χ2v) is 6.51. The molecular weight excluding hydrogens is 304 g/mol. The minimum absolute atomic E-state index is 0.138. The number of hydrogen-bond donors (Lipinski definition) is 1. The Morgan fingerprint density at radius 3 is 2.29 bits per heavy atom. The van der Waals surface area contributed by atoms with Crippen LogP contribution in [0.25, 0.3) is 0 Å². The third-order valence-electron chi connectivity index (χ3n) is 2.18. The molecule has 0 heterocycles. The third kappa shape index (κ3) is 5.35. The number of rotatable bonds is 3. The minimum atomic E-state index is -1.43. The molecule has 6 heteroatoms. The number of hydrogen-bond acceptors (Lipinski definition) is 1. The number of amides is 1. The number of carbonyl (C=O) groups excluding carboxylic acids is 1. The van der Waals surface area contributed by atoms with Gasteiger partial charge in [0.1, 0.15) is 0 Å². The van der Waals surface area contributed by atoms with Gasteiger partial charge in [-0.05, 0) is 24.3 Å². The van der Waals surface area contributed by atoms with Crippen molar-refractivity contribution in [1.29, 1.82) is 0 Å². The van der Waals surface area contributed by atoms with Crippen LogP contribution in [0.2, 0.25) is 5.02 Å². The minimum Gasteiger partial charge on any atom is -0.326 e. The van der Waals surface area contributed by atoms with Crippen LogP contribution in [0.15, 0.2) is 24.3 Å². The van der Waals surface area contributed by atoms with Crippen LogP contribution in [0.4, 0.5) is 5.69 Å². The molecule has 0 bridgehead atoms. The molecule has 1 atom stereocenters. The lowest BCUT2D eigenvalue weighted by atomic mass is 10.1. The van der Waals surface area contributed by atoms with Crippen molar-refractivity contribution in [2.24, 2.45) is 5.92 Å². The van der Waals surface area contributed by atoms with Gasteiger partial charge in [-0.25, -0.2) is 0 Å². The molecule has 0 aliphatic rings. The molecule has 0 spiro atoms. The first-order valence-corrected chi connectivity index (χ1v) is 6.42. The molecule has 0 aliphatic carbocycles. The normalized spacial score (nSPS) is 13.2. The van der Waals surface area contributed by atoms with E-state index < -0.39 is 3.79 Å². The lowest BCUT2D eigenvalue weighted by Gasteiger charge is -2.19. The van der Waals surface area contributed by atoms with Crippen molar-refractivity contribution in [3.63, 3.8) is 0 Å². The van der Waals surface area contributed by atoms with E-state index in [0.717, 1.165) is 0 Å². The lowest BCUT2D eigenvalue weighted by Crippen LogP contribution is -2.23. The van der Waals surface area contributed by atoms with Crippen molar-refractivity contribution < 1.29 is 4.79 Å². The fraction of sp³-hybridized carbons (Fsp3) is 0.364. The molecule has 2 nitrogen and oxygen atoms in total. The number of nitrogens with one attached hydrogen (secondary N) is 1. The summed E-state index contributed by atoms with van der Waals surface area (Å²) in [6.07, 6.45) is 0.138. The van der Waals surface area contributed by atoms with Crippen LogP contribution >= 0.6 is 46.4 Å². The summed E-state index contributed by atoms with van der Waals surface area (Å²) in [7, 11) is 0. The maximum Gasteiger partial charge on any atom is 0.224 e. The van der Waals surface area contributed by atoms with Crippen LogP contribution in [0.3, 0.4) is 0 Å². The molecule has 0 aliphatic heterocycles. The van der Waals surface area contributed by atoms with E-state index in [-0.39, 0.29) is 18.2 Å². The summed E-state index contributed by atoms with van der Waals surface area (Å²) >= 11 is 22.8. The van der Waals surface area contributed by atoms with Gasteiger partial charge in [-0.15, -0.1) is 0 Å². The standard InChI is InChI=1S/C11H11Cl4NO/c1-7(11(13,14)15)6-10(17)16-9-4-2-8(12)3-5-9/h2-5,7H,6H2,1H3,(H,16,17)/t7-/m0/s1. The predicted octanol–water partition coefficient (Wildman–Crippen LogP) is 4.67. The summed E-state index contributed by atoms with van der Waals surface area (Å²) in [5.74, 6) is -0.564. The second kappa shape index (κ2) is 6.14. The SMILES string of the molecule is C[C@@H](CC(=O)Nc1ccc(Cl)cc1)C(Cl)(Cl)Cl. The number of alkyl halides is 3. The highest BCUT2D eigenvalue weighted by Crippen LogP contribution is 2.36. The largest absolute Gasteiger partial charge is 0.326 e. The van der Waals surface area contributed by atoms with E-state index >= 15 is 0 Å². The van der Waals surface area contributed by atoms with Gasteiger partial charge in [-0.2, -0.15) is 0 Å². The van der Waals surface area contributed by atoms with E-state index in [0.29, 0.717) is 10.7 Å². The molecule has 0 saturated carbocycles. The summed E-state index contributed by atoms with van der Waals surface area (Å²) in [5, 5.41) is 3.31. The Morgan fingerprint density at radius 2 is 1.82 bits per heavy atom. The highest BCUT2D eigenvalue weighted by atomic mass is 35.6. The Morgan fingerprint density at radius 1 is 1.29 bits per heavy atom. The van der Waals surface area contributed by atoms with Crippen molar-refractivity contribution in [3.05, 3.63) is 29.3 Å². The molecule has 94 valence electrons. The second-order valence-electron chi connectivity index (χ2n) is 3.70. The Bertz CT molecular complexity index is 385. The summed E-state index contributed by atoms with van der Waals surface area (Å²) in [6, 6.07) is 6.80. The smallest absolute Gasteiger partial charge is 0.224 e. The molecule has 1 amide bonds. The summed E-state index contributed by atoms with van der Waals surface area (Å²) < 4.78 is -1.43. The third-order valence-corrected chi connectivity index (χ3v) is 3.55. The first-order valence-electron chi connectivity index (χ1n) is 4.91. The Kier molecular flexibility index (Phi) is 5.39. The van der Waals surface area contributed by atoms with E-state index in [1.54, 1.807) is 31.2 Å². The zero-order chi connectivity index (χ0) is 13.1. The molecule has 17 heavy (non-hydrogen) atoms. The molecule has 1 aromatic carbocycles. The number of anilines is 1. The van der Waals surface area contributed by atoms with Crippen LogP contribution in [-0.4, -0.2) is 9.70 Å². The molecule has 1 aromatic rings. The molecule has 0 aromatic heterocycles. The molecule has 1 rings (SSSR count). The fourth-order valence-corrected chi connectivity index (χ4v) is 1.50. The number of carbonyl (C=O) groups is 1. The van der Waals surface area contributed by atoms with Crippen molar-refractivity contribution in [3.8, 4) is 0 Å². The lowest BCUT2D eigenvalue weighted by molar-refractivity contribution is -0.116. The average molecular weight is 315 g/mol. The first kappa shape index (κ1) is 14.9. The van der Waals surface area contributed by atoms with Gasteiger partial charge in [-0.3, -0.25) is 4.79 Å². The number of benzene rings is 1. The van der Waals surface area contributed by atoms with Crippen LogP contribution < -0.4 is 5.32 Å². The van der Waals surface area contributed by atoms with Gasteiger partial charge >= 0.3 is 0 Å². The molecule has 0 fully saturated rings. The Labute approximate surface area is 120 Å². The predicted molar refractivity (Wildman–Crippen MR) is 74.2 cm³/mol. The Balaban J connectivity index is 2.53. The summed E-state index contributed by atoms with van der Waals surface area (Å²) in [4.78, 5) is 11.6. The highest BCUT2D eigenvalue weighted by molar-refractivity contribution is 6.67. The zero-order valence-electron chi connectivity index (χ0n) is 9.01. The summed E-state index contributed by atoms with van der Waals surface area (Å²) in [6.45, 7) is 1.70. The van der Waals surface area contributed by atoms with E-state index in [1.807, 2.05) is 0 Å². The van der Waals surface area contributed by atoms with Gasteiger partial charge in [0, 0.05) is 23.0 Å². The van der Waals surface area contributed by atoms with Crippen LogP contribution in [0, 0.1) is 5.92 Å². The average Bonchev–Trinajstić information content (AvgIpc) is 2.20. The monoisotopic (exact) mass is 313 g/mol. The van der Waals surface area contributed by atoms with Crippen LogP contribution in [-0.2, 0) is 4.79 Å². The van der Waals surface area contributed by atoms with Crippen LogP contribution in [0.5, 0.6) is 0 Å². The van der Waals surface area contributed by atoms with Gasteiger partial charge < -0.3 is 5.32 Å². The quantitative estimate of drug-likeness (QED) is 0.807. The van der Waals surface area contributed by atoms with Gasteiger partial charge in [0.2, 0.25) is 5.91 Å². The topological polar surface area (TPSA) is 29.1 Å². The molecule has 0 unspecified atom stereocenters. The molecule has 1 N–H and O–H groups in total. The van der Waals surface area contributed by atoms with Gasteiger partial charge in [0.05, 0.1) is 0 Å². The fourth-order valence-electron chi connectivity index (χ4n) is 1.14. The zero-order valence-corrected chi connectivity index (χ0v) is 12.0. The summed E-state index contributed by atoms with van der Waals surface area (Å²) in [5.41, 5.74) is 0.663. The van der Waals surface area contributed by atoms with E-state index in [9.17, 15) is 4.79 Å². The van der Waals surface area contributed by atoms with Crippen molar-refractivity contribution in [1.82, 2.24) is 0 Å².